The highest BCUT2D eigenvalue weighted by molar-refractivity contribution is 9.11. The van der Waals surface area contributed by atoms with E-state index in [1.54, 1.807) is 35.3 Å². The third-order valence-corrected chi connectivity index (χ3v) is 8.56. The van der Waals surface area contributed by atoms with Gasteiger partial charge in [-0.1, -0.05) is 0 Å². The number of amides is 1. The fourth-order valence-corrected chi connectivity index (χ4v) is 5.44. The molecule has 1 amide bonds. The number of carbonyl (C=O) groups excluding carboxylic acids is 1. The van der Waals surface area contributed by atoms with Crippen molar-refractivity contribution in [2.45, 2.75) is 57.4 Å². The van der Waals surface area contributed by atoms with E-state index >= 15 is 0 Å². The molecule has 2 saturated carbocycles. The lowest BCUT2D eigenvalue weighted by Crippen LogP contribution is -2.13. The Morgan fingerprint density at radius 2 is 1.70 bits per heavy atom. The Morgan fingerprint density at radius 1 is 0.978 bits per heavy atom. The van der Waals surface area contributed by atoms with Gasteiger partial charge in [-0.3, -0.25) is 9.89 Å². The predicted octanol–water partition coefficient (Wildman–Crippen LogP) is 6.65. The largest absolute Gasteiger partial charge is 0.422 e. The number of hydrogen-bond donors (Lipinski definition) is 5. The number of hydrogen-bond acceptors (Lipinski definition) is 11. The van der Waals surface area contributed by atoms with Crippen LogP contribution in [-0.2, 0) is 0 Å². The van der Waals surface area contributed by atoms with Gasteiger partial charge in [0.25, 0.3) is 0 Å². The second kappa shape index (κ2) is 12.3. The molecule has 2 aliphatic rings. The number of benzene rings is 1. The van der Waals surface area contributed by atoms with Crippen LogP contribution in [0.5, 0.6) is 11.8 Å². The average Bonchev–Trinajstić information content (AvgIpc) is 3.96. The van der Waals surface area contributed by atoms with Gasteiger partial charge in [-0.25, -0.2) is 14.6 Å². The van der Waals surface area contributed by atoms with E-state index in [2.05, 4.69) is 77.9 Å². The van der Waals surface area contributed by atoms with Gasteiger partial charge >= 0.3 is 6.01 Å². The van der Waals surface area contributed by atoms with E-state index in [-0.39, 0.29) is 18.0 Å². The number of primary amides is 1. The molecule has 0 aliphatic heterocycles. The maximum absolute atomic E-state index is 12.2. The highest BCUT2D eigenvalue weighted by Crippen LogP contribution is 2.44. The van der Waals surface area contributed by atoms with Crippen LogP contribution in [0.3, 0.4) is 0 Å². The number of H-pyrrole nitrogens is 1. The number of aromatic amines is 1. The summed E-state index contributed by atoms with van der Waals surface area (Å²) in [6.07, 6.45) is 7.64. The number of carbonyl (C=O) groups is 1. The number of halogens is 2. The van der Waals surface area contributed by atoms with E-state index in [1.807, 2.05) is 26.0 Å². The second-order valence-electron chi connectivity index (χ2n) is 11.6. The highest BCUT2D eigenvalue weighted by Gasteiger charge is 2.30. The summed E-state index contributed by atoms with van der Waals surface area (Å²) in [6.45, 7) is 4.03. The van der Waals surface area contributed by atoms with Crippen molar-refractivity contribution in [3.05, 3.63) is 68.6 Å². The molecule has 46 heavy (non-hydrogen) atoms. The maximum atomic E-state index is 12.2. The zero-order chi connectivity index (χ0) is 31.9. The van der Waals surface area contributed by atoms with Crippen LogP contribution < -0.4 is 26.4 Å². The minimum atomic E-state index is -0.572. The first-order valence-corrected chi connectivity index (χ1v) is 16.4. The SMILES string of the molecule is CC(C)Nc1ncc(Br)c(Nc2cc(C3CC3)n(-c3cc(C(N)=O)ccc3Oc3ncc(Br)c(Nc4cc(C5CC5)[nH]n4)n3)n2)n1. The summed E-state index contributed by atoms with van der Waals surface area (Å²) in [5.41, 5.74) is 8.55. The second-order valence-corrected chi connectivity index (χ2v) is 13.3. The van der Waals surface area contributed by atoms with Crippen molar-refractivity contribution in [1.29, 1.82) is 0 Å². The van der Waals surface area contributed by atoms with Gasteiger partial charge in [0.2, 0.25) is 11.9 Å². The molecule has 4 heterocycles. The van der Waals surface area contributed by atoms with E-state index < -0.39 is 5.91 Å². The summed E-state index contributed by atoms with van der Waals surface area (Å²) >= 11 is 7.04. The molecule has 0 atom stereocenters. The maximum Gasteiger partial charge on any atom is 0.324 e. The van der Waals surface area contributed by atoms with Crippen molar-refractivity contribution in [2.24, 2.45) is 5.73 Å². The molecular formula is C30H30Br2N12O2. The fraction of sp³-hybridized carbons (Fsp3) is 0.300. The summed E-state index contributed by atoms with van der Waals surface area (Å²) in [7, 11) is 0. The third-order valence-electron chi connectivity index (χ3n) is 7.40. The van der Waals surface area contributed by atoms with Crippen LogP contribution in [0.25, 0.3) is 5.69 Å². The summed E-state index contributed by atoms with van der Waals surface area (Å²) in [6, 6.07) is 9.14. The number of rotatable bonds is 12. The molecule has 16 heteroatoms. The lowest BCUT2D eigenvalue weighted by atomic mass is 10.1. The molecule has 0 unspecified atom stereocenters. The Hall–Kier alpha value is -4.57. The third kappa shape index (κ3) is 6.67. The van der Waals surface area contributed by atoms with Crippen molar-refractivity contribution in [1.82, 2.24) is 39.9 Å². The molecule has 0 saturated heterocycles. The Bertz CT molecular complexity index is 1930. The monoisotopic (exact) mass is 748 g/mol. The lowest BCUT2D eigenvalue weighted by Gasteiger charge is -2.14. The predicted molar refractivity (Wildman–Crippen MR) is 179 cm³/mol. The number of anilines is 5. The summed E-state index contributed by atoms with van der Waals surface area (Å²) in [5, 5.41) is 22.1. The van der Waals surface area contributed by atoms with E-state index in [1.165, 1.54) is 12.8 Å². The summed E-state index contributed by atoms with van der Waals surface area (Å²) < 4.78 is 9.35. The van der Waals surface area contributed by atoms with E-state index in [4.69, 9.17) is 15.6 Å². The first-order valence-electron chi connectivity index (χ1n) is 14.8. The fourth-order valence-electron chi connectivity index (χ4n) is 4.86. The summed E-state index contributed by atoms with van der Waals surface area (Å²) in [4.78, 5) is 30.1. The Labute approximate surface area is 280 Å². The minimum Gasteiger partial charge on any atom is -0.422 e. The lowest BCUT2D eigenvalue weighted by molar-refractivity contribution is 0.1000. The molecule has 14 nitrogen and oxygen atoms in total. The van der Waals surface area contributed by atoms with Gasteiger partial charge < -0.3 is 26.4 Å². The zero-order valence-electron chi connectivity index (χ0n) is 24.9. The van der Waals surface area contributed by atoms with Crippen LogP contribution in [0.15, 0.2) is 51.7 Å². The molecular weight excluding hydrogens is 720 g/mol. The first-order chi connectivity index (χ1) is 22.2. The number of nitrogens with two attached hydrogens (primary N) is 1. The van der Waals surface area contributed by atoms with Crippen molar-refractivity contribution in [3.63, 3.8) is 0 Å². The normalized spacial score (nSPS) is 14.4. The smallest absolute Gasteiger partial charge is 0.324 e. The first kappa shape index (κ1) is 30.1. The number of ether oxygens (including phenoxy) is 1. The van der Waals surface area contributed by atoms with Gasteiger partial charge in [0, 0.05) is 53.2 Å². The van der Waals surface area contributed by atoms with Crippen molar-refractivity contribution in [3.8, 4) is 17.4 Å². The van der Waals surface area contributed by atoms with Crippen LogP contribution in [0.2, 0.25) is 0 Å². The minimum absolute atomic E-state index is 0.0882. The molecule has 4 aromatic heterocycles. The van der Waals surface area contributed by atoms with Gasteiger partial charge in [0.1, 0.15) is 5.69 Å². The van der Waals surface area contributed by atoms with Crippen LogP contribution >= 0.6 is 31.9 Å². The molecule has 236 valence electrons. The van der Waals surface area contributed by atoms with E-state index in [0.29, 0.717) is 61.1 Å². The molecule has 1 aromatic carbocycles. The zero-order valence-corrected chi connectivity index (χ0v) is 28.1. The van der Waals surface area contributed by atoms with Gasteiger partial charge in [-0.2, -0.15) is 15.1 Å². The van der Waals surface area contributed by atoms with Crippen molar-refractivity contribution in [2.75, 3.05) is 16.0 Å². The average molecular weight is 750 g/mol. The van der Waals surface area contributed by atoms with E-state index in [9.17, 15) is 4.79 Å². The van der Waals surface area contributed by atoms with Crippen LogP contribution in [-0.4, -0.2) is 51.9 Å². The molecule has 0 spiro atoms. The quantitative estimate of drug-likeness (QED) is 0.0919. The van der Waals surface area contributed by atoms with Crippen molar-refractivity contribution >= 4 is 67.0 Å². The topological polar surface area (TPSA) is 186 Å². The number of nitrogens with zero attached hydrogens (tertiary/aromatic N) is 7. The molecule has 7 rings (SSSR count). The van der Waals surface area contributed by atoms with Gasteiger partial charge in [-0.15, -0.1) is 5.10 Å². The molecule has 5 aromatic rings. The molecule has 2 aliphatic carbocycles. The van der Waals surface area contributed by atoms with Gasteiger partial charge in [-0.05, 0) is 89.6 Å². The Balaban J connectivity index is 1.21. The molecule has 0 bridgehead atoms. The Morgan fingerprint density at radius 3 is 2.41 bits per heavy atom. The number of aromatic nitrogens is 8. The Kier molecular flexibility index (Phi) is 8.06. The molecule has 2 fully saturated rings. The van der Waals surface area contributed by atoms with Gasteiger partial charge in [0.15, 0.2) is 29.0 Å². The number of nitrogens with one attached hydrogen (secondary N) is 4. The molecule has 6 N–H and O–H groups in total. The van der Waals surface area contributed by atoms with Crippen LogP contribution in [0.4, 0.5) is 29.2 Å². The van der Waals surface area contributed by atoms with Crippen LogP contribution in [0, 0.1) is 0 Å². The highest BCUT2D eigenvalue weighted by atomic mass is 79.9. The summed E-state index contributed by atoms with van der Waals surface area (Å²) in [5.74, 6) is 3.38. The molecule has 0 radical (unpaired) electrons. The van der Waals surface area contributed by atoms with Gasteiger partial charge in [0.05, 0.1) is 15.1 Å². The van der Waals surface area contributed by atoms with Crippen molar-refractivity contribution < 1.29 is 9.53 Å². The standard InChI is InChI=1S/C30H30Br2N12O2/c1-14(2)36-29-34-12-18(31)27(39-29)38-25-11-21(16-5-6-16)44(43-25)22-9-17(26(33)45)7-8-23(22)46-30-35-13-19(32)28(40-30)37-24-10-20(41-42-24)15-3-4-15/h7-16H,3-6H2,1-2H3,(H2,33,45)(H2,34,36,38,39,43)(H2,35,37,40,41,42). The van der Waals surface area contributed by atoms with Crippen LogP contribution in [0.1, 0.15) is 73.1 Å². The van der Waals surface area contributed by atoms with E-state index in [0.717, 1.165) is 24.2 Å².